The van der Waals surface area contributed by atoms with Crippen molar-refractivity contribution in [3.63, 3.8) is 0 Å². The summed E-state index contributed by atoms with van der Waals surface area (Å²) in [4.78, 5) is 0. The van der Waals surface area contributed by atoms with Crippen LogP contribution < -0.4 is 10.6 Å². The van der Waals surface area contributed by atoms with Crippen LogP contribution in [0.3, 0.4) is 0 Å². The number of piperidine rings is 1. The van der Waals surface area contributed by atoms with Crippen LogP contribution in [0.1, 0.15) is 24.5 Å². The molecule has 2 heterocycles. The molecule has 0 unspecified atom stereocenters. The van der Waals surface area contributed by atoms with Crippen molar-refractivity contribution in [3.05, 3.63) is 11.8 Å². The Morgan fingerprint density at radius 3 is 2.76 bits per heavy atom. The molecule has 0 saturated carbocycles. The van der Waals surface area contributed by atoms with Gasteiger partial charge in [0.2, 0.25) is 5.88 Å². The molecule has 1 aliphatic rings. The summed E-state index contributed by atoms with van der Waals surface area (Å²) in [5, 5.41) is 9.20. The maximum atomic E-state index is 12.0. The highest BCUT2D eigenvalue weighted by Crippen LogP contribution is 2.26. The highest BCUT2D eigenvalue weighted by atomic mass is 19.4. The Balaban J connectivity index is 1.91. The Morgan fingerprint density at radius 2 is 2.12 bits per heavy atom. The van der Waals surface area contributed by atoms with Crippen molar-refractivity contribution in [2.75, 3.05) is 25.0 Å². The third kappa shape index (κ3) is 3.62. The predicted molar refractivity (Wildman–Crippen MR) is 55.9 cm³/mol. The average molecular weight is 249 g/mol. The van der Waals surface area contributed by atoms with Crippen LogP contribution >= 0.6 is 0 Å². The van der Waals surface area contributed by atoms with Gasteiger partial charge in [0.05, 0.1) is 5.69 Å². The third-order valence-corrected chi connectivity index (χ3v) is 2.75. The highest BCUT2D eigenvalue weighted by molar-refractivity contribution is 5.33. The van der Waals surface area contributed by atoms with E-state index >= 15 is 0 Å². The molecule has 4 nitrogen and oxygen atoms in total. The third-order valence-electron chi connectivity index (χ3n) is 2.75. The molecule has 2 N–H and O–H groups in total. The number of nitrogens with one attached hydrogen (secondary N) is 2. The number of nitrogens with zero attached hydrogens (tertiary/aromatic N) is 1. The Kier molecular flexibility index (Phi) is 3.56. The summed E-state index contributed by atoms with van der Waals surface area (Å²) in [7, 11) is 0. The zero-order chi connectivity index (χ0) is 12.3. The largest absolute Gasteiger partial charge is 0.405 e. The van der Waals surface area contributed by atoms with Gasteiger partial charge in [-0.05, 0) is 25.9 Å². The molecule has 1 aromatic rings. The SMILES string of the molecule is FC(F)(F)CNc1cc(C2CCNCC2)no1. The van der Waals surface area contributed by atoms with Gasteiger partial charge in [0, 0.05) is 12.0 Å². The first kappa shape index (κ1) is 12.2. The topological polar surface area (TPSA) is 50.1 Å². The van der Waals surface area contributed by atoms with E-state index in [1.807, 2.05) is 0 Å². The molecule has 1 aromatic heterocycles. The van der Waals surface area contributed by atoms with Crippen molar-refractivity contribution in [3.8, 4) is 0 Å². The smallest absolute Gasteiger partial charge is 0.345 e. The molecule has 0 spiro atoms. The van der Waals surface area contributed by atoms with Crippen molar-refractivity contribution < 1.29 is 17.7 Å². The van der Waals surface area contributed by atoms with Crippen molar-refractivity contribution >= 4 is 5.88 Å². The standard InChI is InChI=1S/C10H14F3N3O/c11-10(12,13)6-15-9-5-8(16-17-9)7-1-3-14-4-2-7/h5,7,14-15H,1-4,6H2. The Bertz CT molecular complexity index is 358. The van der Waals surface area contributed by atoms with Crippen LogP contribution in [-0.2, 0) is 0 Å². The Hall–Kier alpha value is -1.24. The van der Waals surface area contributed by atoms with Gasteiger partial charge < -0.3 is 15.2 Å². The van der Waals surface area contributed by atoms with Crippen LogP contribution in [0.25, 0.3) is 0 Å². The summed E-state index contributed by atoms with van der Waals surface area (Å²) in [6, 6.07) is 1.56. The minimum atomic E-state index is -4.25. The monoisotopic (exact) mass is 249 g/mol. The van der Waals surface area contributed by atoms with Crippen molar-refractivity contribution in [2.24, 2.45) is 0 Å². The van der Waals surface area contributed by atoms with Gasteiger partial charge in [0.1, 0.15) is 6.54 Å². The van der Waals surface area contributed by atoms with E-state index in [9.17, 15) is 13.2 Å². The summed E-state index contributed by atoms with van der Waals surface area (Å²) in [6.45, 7) is 0.708. The van der Waals surface area contributed by atoms with Gasteiger partial charge in [-0.15, -0.1) is 0 Å². The predicted octanol–water partition coefficient (Wildman–Crippen LogP) is 2.12. The first-order valence-corrected chi connectivity index (χ1v) is 5.52. The fourth-order valence-electron chi connectivity index (χ4n) is 1.87. The van der Waals surface area contributed by atoms with E-state index in [1.54, 1.807) is 6.07 Å². The van der Waals surface area contributed by atoms with Crippen molar-refractivity contribution in [1.29, 1.82) is 0 Å². The summed E-state index contributed by atoms with van der Waals surface area (Å²) in [5.74, 6) is 0.359. The van der Waals surface area contributed by atoms with Gasteiger partial charge in [-0.2, -0.15) is 13.2 Å². The summed E-state index contributed by atoms with van der Waals surface area (Å²) < 4.78 is 40.7. The summed E-state index contributed by atoms with van der Waals surface area (Å²) >= 11 is 0. The van der Waals surface area contributed by atoms with Gasteiger partial charge in [-0.3, -0.25) is 0 Å². The van der Waals surface area contributed by atoms with Gasteiger partial charge >= 0.3 is 6.18 Å². The molecule has 7 heteroatoms. The van der Waals surface area contributed by atoms with Gasteiger partial charge in [0.15, 0.2) is 0 Å². The van der Waals surface area contributed by atoms with Gasteiger partial charge in [-0.25, -0.2) is 0 Å². The molecule has 17 heavy (non-hydrogen) atoms. The van der Waals surface area contributed by atoms with E-state index in [1.165, 1.54) is 0 Å². The van der Waals surface area contributed by atoms with E-state index in [0.29, 0.717) is 0 Å². The number of hydrogen-bond donors (Lipinski definition) is 2. The number of aromatic nitrogens is 1. The maximum Gasteiger partial charge on any atom is 0.405 e. The highest BCUT2D eigenvalue weighted by Gasteiger charge is 2.27. The lowest BCUT2D eigenvalue weighted by Gasteiger charge is -2.19. The van der Waals surface area contributed by atoms with E-state index in [4.69, 9.17) is 4.52 Å². The average Bonchev–Trinajstić information content (AvgIpc) is 2.75. The lowest BCUT2D eigenvalue weighted by Crippen LogP contribution is -2.26. The second-order valence-electron chi connectivity index (χ2n) is 4.11. The van der Waals surface area contributed by atoms with Crippen LogP contribution in [0.2, 0.25) is 0 Å². The fraction of sp³-hybridized carbons (Fsp3) is 0.700. The Morgan fingerprint density at radius 1 is 1.41 bits per heavy atom. The molecule has 0 bridgehead atoms. The normalized spacial score (nSPS) is 18.3. The summed E-state index contributed by atoms with van der Waals surface area (Å²) in [6.07, 6.45) is -2.38. The number of hydrogen-bond acceptors (Lipinski definition) is 4. The van der Waals surface area contributed by atoms with Crippen LogP contribution in [0, 0.1) is 0 Å². The van der Waals surface area contributed by atoms with Crippen molar-refractivity contribution in [2.45, 2.75) is 24.9 Å². The minimum Gasteiger partial charge on any atom is -0.345 e. The first-order chi connectivity index (χ1) is 8.04. The van der Waals surface area contributed by atoms with Gasteiger partial charge in [-0.1, -0.05) is 5.16 Å². The molecular formula is C10H14F3N3O. The van der Waals surface area contributed by atoms with Crippen LogP contribution in [-0.4, -0.2) is 31.0 Å². The molecule has 0 aromatic carbocycles. The fourth-order valence-corrected chi connectivity index (χ4v) is 1.87. The van der Waals surface area contributed by atoms with Crippen LogP contribution in [0.5, 0.6) is 0 Å². The number of alkyl halides is 3. The quantitative estimate of drug-likeness (QED) is 0.861. The van der Waals surface area contributed by atoms with E-state index in [0.717, 1.165) is 31.6 Å². The first-order valence-electron chi connectivity index (χ1n) is 5.52. The molecule has 0 amide bonds. The molecule has 0 aliphatic carbocycles. The zero-order valence-electron chi connectivity index (χ0n) is 9.18. The maximum absolute atomic E-state index is 12.0. The van der Waals surface area contributed by atoms with Crippen LogP contribution in [0.15, 0.2) is 10.6 Å². The number of anilines is 1. The second kappa shape index (κ2) is 4.95. The molecule has 1 fully saturated rings. The summed E-state index contributed by atoms with van der Waals surface area (Å²) in [5.41, 5.74) is 0.733. The lowest BCUT2D eigenvalue weighted by molar-refractivity contribution is -0.115. The number of halogens is 3. The van der Waals surface area contributed by atoms with Crippen LogP contribution in [0.4, 0.5) is 19.1 Å². The van der Waals surface area contributed by atoms with Crippen molar-refractivity contribution in [1.82, 2.24) is 10.5 Å². The Labute approximate surface area is 96.5 Å². The molecule has 0 atom stereocenters. The molecule has 96 valence electrons. The van der Waals surface area contributed by atoms with E-state index in [2.05, 4.69) is 15.8 Å². The molecule has 1 aliphatic heterocycles. The molecule has 2 rings (SSSR count). The van der Waals surface area contributed by atoms with Gasteiger partial charge in [0.25, 0.3) is 0 Å². The van der Waals surface area contributed by atoms with E-state index < -0.39 is 12.7 Å². The van der Waals surface area contributed by atoms with E-state index in [-0.39, 0.29) is 11.8 Å². The minimum absolute atomic E-state index is 0.0795. The molecule has 0 radical (unpaired) electrons. The molecule has 1 saturated heterocycles. The lowest BCUT2D eigenvalue weighted by atomic mass is 9.95. The molecular weight excluding hydrogens is 235 g/mol. The second-order valence-corrected chi connectivity index (χ2v) is 4.11. The number of rotatable bonds is 3. The zero-order valence-corrected chi connectivity index (χ0v) is 9.18.